The van der Waals surface area contributed by atoms with Gasteiger partial charge in [0, 0.05) is 36.2 Å². The van der Waals surface area contributed by atoms with Gasteiger partial charge in [-0.05, 0) is 62.3 Å². The number of rotatable bonds is 7. The molecule has 9 heteroatoms. The van der Waals surface area contributed by atoms with Gasteiger partial charge in [0.1, 0.15) is 0 Å². The minimum Gasteiger partial charge on any atom is -0.871 e. The normalized spacial score (nSPS) is 10.6. The molecule has 35 heavy (non-hydrogen) atoms. The summed E-state index contributed by atoms with van der Waals surface area (Å²) in [7, 11) is 3.93. The van der Waals surface area contributed by atoms with Crippen LogP contribution in [0.25, 0.3) is 0 Å². The number of hydrogen-bond acceptors (Lipinski definition) is 6. The van der Waals surface area contributed by atoms with Gasteiger partial charge in [-0.3, -0.25) is 0 Å². The van der Waals surface area contributed by atoms with Crippen molar-refractivity contribution >= 4 is 23.2 Å². The van der Waals surface area contributed by atoms with Crippen LogP contribution in [0.5, 0.6) is 11.5 Å². The second-order valence-corrected chi connectivity index (χ2v) is 9.86. The van der Waals surface area contributed by atoms with E-state index >= 15 is 0 Å². The van der Waals surface area contributed by atoms with Crippen LogP contribution in [-0.4, -0.2) is 49.2 Å². The molecule has 0 saturated heterocycles. The summed E-state index contributed by atoms with van der Waals surface area (Å²) in [4.78, 5) is 4.15. The summed E-state index contributed by atoms with van der Waals surface area (Å²) in [6.45, 7) is 12.9. The molecule has 0 bridgehead atoms. The van der Waals surface area contributed by atoms with Crippen molar-refractivity contribution in [2.75, 3.05) is 27.2 Å². The Morgan fingerprint density at radius 1 is 0.686 bits per heavy atom. The molecule has 0 unspecified atom stereocenters. The molecule has 194 valence electrons. The standard InChI is InChI=1S/C20H26Cl2N2O2.2C3H7O.Ti/c1-13-7-15(19(25)17(21)9-13)11-23(3)5-6-24(4)12-16-8-14(2)10-18(22)20(16)26;2*1-3(2)4;/h7-10,25-26H,5-6,11-12H2,1-4H3;2*3H,1-2H3;/q;2*-1;+4/p-2. The van der Waals surface area contributed by atoms with E-state index < -0.39 is 12.2 Å². The summed E-state index contributed by atoms with van der Waals surface area (Å²) in [6.07, 6.45) is -0.833. The second kappa shape index (κ2) is 18.4. The Morgan fingerprint density at radius 2 is 0.943 bits per heavy atom. The smallest absolute Gasteiger partial charge is 0.871 e. The summed E-state index contributed by atoms with van der Waals surface area (Å²) >= 11 is 12.0. The molecule has 0 atom stereocenters. The Kier molecular flexibility index (Phi) is 19.1. The van der Waals surface area contributed by atoms with Crippen molar-refractivity contribution < 1.29 is 42.1 Å². The molecular weight excluding hydrogens is 523 g/mol. The van der Waals surface area contributed by atoms with E-state index in [1.165, 1.54) is 0 Å². The van der Waals surface area contributed by atoms with E-state index in [1.54, 1.807) is 39.8 Å². The van der Waals surface area contributed by atoms with Gasteiger partial charge in [-0.15, -0.1) is 12.2 Å². The van der Waals surface area contributed by atoms with Crippen LogP contribution < -0.4 is 20.4 Å². The molecule has 0 radical (unpaired) electrons. The summed E-state index contributed by atoms with van der Waals surface area (Å²) in [6, 6.07) is 7.14. The zero-order valence-electron chi connectivity index (χ0n) is 22.1. The van der Waals surface area contributed by atoms with Gasteiger partial charge in [0.25, 0.3) is 0 Å². The number of nitrogens with zero attached hydrogens (tertiary/aromatic N) is 2. The third-order valence-electron chi connectivity index (χ3n) is 4.27. The minimum absolute atomic E-state index is 0. The van der Waals surface area contributed by atoms with E-state index in [0.29, 0.717) is 24.2 Å². The molecule has 0 heterocycles. The Balaban J connectivity index is 0. The Morgan fingerprint density at radius 3 is 1.20 bits per heavy atom. The molecule has 2 rings (SSSR count). The first-order valence-electron chi connectivity index (χ1n) is 11.2. The van der Waals surface area contributed by atoms with Crippen molar-refractivity contribution in [3.05, 3.63) is 56.6 Å². The quantitative estimate of drug-likeness (QED) is 0.483. The molecule has 0 aliphatic carbocycles. The van der Waals surface area contributed by atoms with Gasteiger partial charge in [-0.2, -0.15) is 0 Å². The first kappa shape index (κ1) is 36.3. The molecular formula is C26H38Cl2N2O4Ti. The molecule has 0 aromatic heterocycles. The van der Waals surface area contributed by atoms with E-state index in [2.05, 4.69) is 9.80 Å². The largest absolute Gasteiger partial charge is 4.00 e. The van der Waals surface area contributed by atoms with Gasteiger partial charge >= 0.3 is 21.7 Å². The van der Waals surface area contributed by atoms with Crippen LogP contribution in [0.1, 0.15) is 49.9 Å². The number of hydrogen-bond donors (Lipinski definition) is 0. The molecule has 0 N–H and O–H groups in total. The minimum atomic E-state index is -0.417. The second-order valence-electron chi connectivity index (χ2n) is 9.04. The number of halogens is 2. The number of aryl methyl sites for hydroxylation is 2. The van der Waals surface area contributed by atoms with Gasteiger partial charge in [0.2, 0.25) is 0 Å². The summed E-state index contributed by atoms with van der Waals surface area (Å²) in [5, 5.41) is 43.8. The average molecular weight is 561 g/mol. The maximum absolute atomic E-state index is 12.1. The van der Waals surface area contributed by atoms with E-state index in [9.17, 15) is 20.4 Å². The molecule has 2 aromatic carbocycles. The van der Waals surface area contributed by atoms with Crippen LogP contribution in [0.3, 0.4) is 0 Å². The molecule has 0 saturated carbocycles. The SMILES string of the molecule is CC(C)[O-].CC(C)[O-].Cc1cc(Cl)c([O-])c(CN(C)CCN(C)Cc2cc(C)cc(Cl)c2[O-])c1.[Ti+4]. The molecule has 6 nitrogen and oxygen atoms in total. The van der Waals surface area contributed by atoms with Gasteiger partial charge in [-0.25, -0.2) is 0 Å². The first-order valence-corrected chi connectivity index (χ1v) is 12.0. The van der Waals surface area contributed by atoms with Crippen LogP contribution in [0, 0.1) is 13.8 Å². The fourth-order valence-electron chi connectivity index (χ4n) is 2.92. The fraction of sp³-hybridized carbons (Fsp3) is 0.538. The Hall–Kier alpha value is -0.826. The maximum atomic E-state index is 12.1. The Bertz CT molecular complexity index is 806. The average Bonchev–Trinajstić information content (AvgIpc) is 2.67. The predicted molar refractivity (Wildman–Crippen MR) is 134 cm³/mol. The molecule has 0 amide bonds. The zero-order chi connectivity index (χ0) is 26.6. The monoisotopic (exact) mass is 560 g/mol. The number of benzene rings is 2. The molecule has 0 spiro atoms. The first-order chi connectivity index (χ1) is 15.6. The summed E-state index contributed by atoms with van der Waals surface area (Å²) in [5.74, 6) is -0.217. The predicted octanol–water partition coefficient (Wildman–Crippen LogP) is 2.83. The van der Waals surface area contributed by atoms with Gasteiger partial charge < -0.3 is 30.2 Å². The van der Waals surface area contributed by atoms with Gasteiger partial charge in [0.15, 0.2) is 0 Å². The summed E-state index contributed by atoms with van der Waals surface area (Å²) < 4.78 is 0. The topological polar surface area (TPSA) is 98.7 Å². The maximum Gasteiger partial charge on any atom is 4.00 e. The van der Waals surface area contributed by atoms with Crippen LogP contribution in [0.2, 0.25) is 10.0 Å². The van der Waals surface area contributed by atoms with Crippen LogP contribution in [0.4, 0.5) is 0 Å². The fourth-order valence-corrected chi connectivity index (χ4v) is 3.50. The van der Waals surface area contributed by atoms with Crippen molar-refractivity contribution in [2.24, 2.45) is 0 Å². The van der Waals surface area contributed by atoms with Crippen molar-refractivity contribution in [2.45, 2.75) is 66.8 Å². The van der Waals surface area contributed by atoms with Crippen molar-refractivity contribution in [3.63, 3.8) is 0 Å². The van der Waals surface area contributed by atoms with Gasteiger partial charge in [0.05, 0.1) is 0 Å². The van der Waals surface area contributed by atoms with Crippen molar-refractivity contribution in [1.29, 1.82) is 0 Å². The van der Waals surface area contributed by atoms with E-state index in [0.717, 1.165) is 24.2 Å². The van der Waals surface area contributed by atoms with E-state index in [1.807, 2.05) is 40.1 Å². The van der Waals surface area contributed by atoms with Crippen molar-refractivity contribution in [3.8, 4) is 11.5 Å². The molecule has 0 fully saturated rings. The molecule has 0 aliphatic rings. The Labute approximate surface area is 236 Å². The van der Waals surface area contributed by atoms with E-state index in [4.69, 9.17) is 23.2 Å². The van der Waals surface area contributed by atoms with Crippen LogP contribution in [0.15, 0.2) is 24.3 Å². The van der Waals surface area contributed by atoms with Crippen molar-refractivity contribution in [1.82, 2.24) is 9.80 Å². The molecule has 2 aromatic rings. The third-order valence-corrected chi connectivity index (χ3v) is 4.84. The van der Waals surface area contributed by atoms with Crippen LogP contribution >= 0.6 is 23.2 Å². The third kappa shape index (κ3) is 16.5. The number of likely N-dealkylation sites (N-methyl/N-ethyl adjacent to an activating group) is 2. The molecule has 0 aliphatic heterocycles. The van der Waals surface area contributed by atoms with Gasteiger partial charge in [-0.1, -0.05) is 74.5 Å². The van der Waals surface area contributed by atoms with E-state index in [-0.39, 0.29) is 43.3 Å². The van der Waals surface area contributed by atoms with Crippen LogP contribution in [-0.2, 0) is 34.8 Å². The zero-order valence-corrected chi connectivity index (χ0v) is 25.1. The summed E-state index contributed by atoms with van der Waals surface area (Å²) in [5.41, 5.74) is 3.36.